The topological polar surface area (TPSA) is 82.7 Å². The molecule has 0 atom stereocenters. The van der Waals surface area contributed by atoms with Crippen molar-refractivity contribution in [2.75, 3.05) is 5.32 Å². The van der Waals surface area contributed by atoms with Crippen LogP contribution < -0.4 is 5.32 Å². The van der Waals surface area contributed by atoms with E-state index in [-0.39, 0.29) is 26.0 Å². The molecule has 110 valence electrons. The molecule has 0 aliphatic carbocycles. The van der Waals surface area contributed by atoms with Crippen LogP contribution >= 0.6 is 38.9 Å². The average molecular weight is 394 g/mol. The molecule has 0 aliphatic heterocycles. The first kappa shape index (κ1) is 14.7. The lowest BCUT2D eigenvalue weighted by molar-refractivity contribution is -0.140. The van der Waals surface area contributed by atoms with E-state index in [4.69, 9.17) is 11.6 Å². The maximum atomic E-state index is 14.1. The Morgan fingerprint density at radius 3 is 2.90 bits per heavy atom. The lowest BCUT2D eigenvalue weighted by Gasteiger charge is -2.22. The van der Waals surface area contributed by atoms with Crippen LogP contribution in [0.2, 0.25) is 5.28 Å². The van der Waals surface area contributed by atoms with E-state index in [2.05, 4.69) is 31.3 Å². The number of anilines is 1. The molecule has 0 fully saturated rings. The zero-order valence-electron chi connectivity index (χ0n) is 10.1. The highest BCUT2D eigenvalue weighted by Gasteiger charge is 2.30. The molecule has 21 heavy (non-hydrogen) atoms. The predicted octanol–water partition coefficient (Wildman–Crippen LogP) is 2.55. The second-order valence-corrected chi connectivity index (χ2v) is 6.23. The van der Waals surface area contributed by atoms with Gasteiger partial charge in [-0.05, 0) is 39.0 Å². The van der Waals surface area contributed by atoms with Crippen molar-refractivity contribution in [3.05, 3.63) is 44.2 Å². The van der Waals surface area contributed by atoms with Crippen LogP contribution in [0.25, 0.3) is 5.52 Å². The molecule has 0 spiro atoms. The zero-order valence-corrected chi connectivity index (χ0v) is 13.2. The summed E-state index contributed by atoms with van der Waals surface area (Å²) in [4.78, 5) is 4.04. The first-order valence-electron chi connectivity index (χ1n) is 5.55. The number of hydrogen-bond donors (Lipinski definition) is 3. The van der Waals surface area contributed by atoms with Gasteiger partial charge in [-0.15, -0.1) is 16.4 Å². The fraction of sp³-hybridized carbons (Fsp3) is 0.0909. The number of thiophene rings is 1. The summed E-state index contributed by atoms with van der Waals surface area (Å²) in [6, 6.07) is 3.17. The van der Waals surface area contributed by atoms with Gasteiger partial charge < -0.3 is 15.5 Å². The summed E-state index contributed by atoms with van der Waals surface area (Å²) < 4.78 is 15.4. The van der Waals surface area contributed by atoms with Gasteiger partial charge >= 0.3 is 0 Å². The van der Waals surface area contributed by atoms with E-state index in [1.165, 1.54) is 12.3 Å². The highest BCUT2D eigenvalue weighted by molar-refractivity contribution is 9.10. The summed E-state index contributed by atoms with van der Waals surface area (Å²) in [7, 11) is 0. The number of nitrogens with one attached hydrogen (secondary N) is 1. The summed E-state index contributed by atoms with van der Waals surface area (Å²) in [5.74, 6) is -3.19. The molecule has 0 unspecified atom stereocenters. The quantitative estimate of drug-likeness (QED) is 0.596. The Morgan fingerprint density at radius 2 is 2.24 bits per heavy atom. The summed E-state index contributed by atoms with van der Waals surface area (Å²) in [5.41, 5.74) is -0.0599. The molecule has 3 aromatic heterocycles. The maximum absolute atomic E-state index is 14.1. The SMILES string of the molecule is OC(O)(Nc1nc(Cl)nn2cc(Br)c(F)c12)c1cccs1. The van der Waals surface area contributed by atoms with Gasteiger partial charge in [0.1, 0.15) is 5.52 Å². The molecule has 10 heteroatoms. The fourth-order valence-electron chi connectivity index (χ4n) is 1.78. The van der Waals surface area contributed by atoms with Crippen LogP contribution in [0.5, 0.6) is 0 Å². The maximum Gasteiger partial charge on any atom is 0.283 e. The summed E-state index contributed by atoms with van der Waals surface area (Å²) in [6.07, 6.45) is 1.35. The van der Waals surface area contributed by atoms with E-state index in [1.807, 2.05) is 0 Å². The van der Waals surface area contributed by atoms with E-state index in [1.54, 1.807) is 11.4 Å². The monoisotopic (exact) mass is 392 g/mol. The van der Waals surface area contributed by atoms with Crippen LogP contribution in [-0.4, -0.2) is 24.8 Å². The third-order valence-corrected chi connectivity index (χ3v) is 4.34. The average Bonchev–Trinajstić information content (AvgIpc) is 2.99. The number of fused-ring (bicyclic) bond motifs is 1. The molecule has 0 saturated heterocycles. The minimum Gasteiger partial charge on any atom is -0.344 e. The third kappa shape index (κ3) is 2.62. The molecule has 3 rings (SSSR count). The zero-order chi connectivity index (χ0) is 15.2. The van der Waals surface area contributed by atoms with E-state index in [0.29, 0.717) is 0 Å². The molecule has 6 nitrogen and oxygen atoms in total. The lowest BCUT2D eigenvalue weighted by Crippen LogP contribution is -2.34. The number of aliphatic hydroxyl groups is 2. The second kappa shape index (κ2) is 5.18. The van der Waals surface area contributed by atoms with Gasteiger partial charge in [-0.1, -0.05) is 6.07 Å². The van der Waals surface area contributed by atoms with Crippen LogP contribution in [0, 0.1) is 5.82 Å². The van der Waals surface area contributed by atoms with E-state index in [0.717, 1.165) is 15.9 Å². The molecule has 0 bridgehead atoms. The van der Waals surface area contributed by atoms with Crippen molar-refractivity contribution >= 4 is 50.2 Å². The molecule has 0 saturated carbocycles. The Morgan fingerprint density at radius 1 is 1.48 bits per heavy atom. The normalized spacial score (nSPS) is 12.0. The minimum absolute atomic E-state index is 0.0599. The Kier molecular flexibility index (Phi) is 3.62. The number of hydrogen-bond acceptors (Lipinski definition) is 6. The van der Waals surface area contributed by atoms with Crippen molar-refractivity contribution in [3.63, 3.8) is 0 Å². The molecule has 0 aliphatic rings. The van der Waals surface area contributed by atoms with Gasteiger partial charge in [0.15, 0.2) is 11.6 Å². The van der Waals surface area contributed by atoms with Gasteiger partial charge in [-0.2, -0.15) is 4.98 Å². The van der Waals surface area contributed by atoms with Crippen LogP contribution in [0.1, 0.15) is 4.88 Å². The Hall–Kier alpha value is -1.26. The number of nitrogens with zero attached hydrogens (tertiary/aromatic N) is 3. The summed E-state index contributed by atoms with van der Waals surface area (Å²) in [6.45, 7) is 0. The Labute approximate surface area is 134 Å². The van der Waals surface area contributed by atoms with E-state index in [9.17, 15) is 14.6 Å². The third-order valence-electron chi connectivity index (χ3n) is 2.66. The van der Waals surface area contributed by atoms with Gasteiger partial charge in [0.2, 0.25) is 5.28 Å². The predicted molar refractivity (Wildman–Crippen MR) is 79.7 cm³/mol. The van der Waals surface area contributed by atoms with Gasteiger partial charge in [0.05, 0.1) is 9.35 Å². The highest BCUT2D eigenvalue weighted by atomic mass is 79.9. The molecule has 0 radical (unpaired) electrons. The fourth-order valence-corrected chi connectivity index (χ4v) is 3.00. The number of rotatable bonds is 3. The first-order chi connectivity index (χ1) is 9.88. The van der Waals surface area contributed by atoms with Crippen molar-refractivity contribution < 1.29 is 14.6 Å². The summed E-state index contributed by atoms with van der Waals surface area (Å²) in [5, 5.41) is 27.8. The van der Waals surface area contributed by atoms with Crippen molar-refractivity contribution in [2.45, 2.75) is 5.91 Å². The molecule has 3 N–H and O–H groups in total. The Bertz CT molecular complexity index is 808. The Balaban J connectivity index is 2.12. The molecular formula is C11H7BrClFN4O2S. The van der Waals surface area contributed by atoms with E-state index >= 15 is 0 Å². The minimum atomic E-state index is -2.41. The standard InChI is InChI=1S/C11H7BrClFN4O2S/c12-5-4-18-8(7(5)14)9(15-10(13)17-18)16-11(19,20)6-2-1-3-21-6/h1-4,19-20H,(H,15,16,17). The molecule has 3 heterocycles. The van der Waals surface area contributed by atoms with Gasteiger partial charge in [0.25, 0.3) is 5.91 Å². The smallest absolute Gasteiger partial charge is 0.283 e. The van der Waals surface area contributed by atoms with Crippen LogP contribution in [0.3, 0.4) is 0 Å². The van der Waals surface area contributed by atoms with Gasteiger partial charge in [0, 0.05) is 6.20 Å². The lowest BCUT2D eigenvalue weighted by atomic mass is 10.3. The molecular weight excluding hydrogens is 387 g/mol. The second-order valence-electron chi connectivity index (χ2n) is 4.09. The van der Waals surface area contributed by atoms with Crippen LogP contribution in [0.4, 0.5) is 10.2 Å². The first-order valence-corrected chi connectivity index (χ1v) is 7.60. The van der Waals surface area contributed by atoms with Crippen molar-refractivity contribution in [2.24, 2.45) is 0 Å². The van der Waals surface area contributed by atoms with Gasteiger partial charge in [-0.3, -0.25) is 0 Å². The molecule has 0 aromatic carbocycles. The van der Waals surface area contributed by atoms with Gasteiger partial charge in [-0.25, -0.2) is 8.91 Å². The van der Waals surface area contributed by atoms with Crippen LogP contribution in [-0.2, 0) is 5.91 Å². The van der Waals surface area contributed by atoms with Crippen molar-refractivity contribution in [3.8, 4) is 0 Å². The van der Waals surface area contributed by atoms with E-state index < -0.39 is 11.7 Å². The highest BCUT2D eigenvalue weighted by Crippen LogP contribution is 2.30. The van der Waals surface area contributed by atoms with Crippen molar-refractivity contribution in [1.82, 2.24) is 14.6 Å². The molecule has 3 aromatic rings. The summed E-state index contributed by atoms with van der Waals surface area (Å²) >= 11 is 9.91. The van der Waals surface area contributed by atoms with Crippen molar-refractivity contribution in [1.29, 1.82) is 0 Å². The van der Waals surface area contributed by atoms with Crippen LogP contribution in [0.15, 0.2) is 28.2 Å². The number of halogens is 3. The number of aromatic nitrogens is 3. The largest absolute Gasteiger partial charge is 0.344 e. The molecule has 0 amide bonds.